The van der Waals surface area contributed by atoms with Crippen LogP contribution in [0.4, 0.5) is 0 Å². The Balaban J connectivity index is 2.01. The monoisotopic (exact) mass is 283 g/mol. The van der Waals surface area contributed by atoms with Crippen LogP contribution in [0.15, 0.2) is 23.4 Å². The molecule has 0 aliphatic heterocycles. The van der Waals surface area contributed by atoms with Gasteiger partial charge in [0.1, 0.15) is 15.6 Å². The van der Waals surface area contributed by atoms with Gasteiger partial charge in [-0.25, -0.2) is 8.42 Å². The predicted molar refractivity (Wildman–Crippen MR) is 72.9 cm³/mol. The van der Waals surface area contributed by atoms with Gasteiger partial charge in [0.15, 0.2) is 0 Å². The van der Waals surface area contributed by atoms with E-state index in [4.69, 9.17) is 9.94 Å². The summed E-state index contributed by atoms with van der Waals surface area (Å²) in [6.07, 6.45) is 3.19. The van der Waals surface area contributed by atoms with Gasteiger partial charge in [-0.05, 0) is 25.3 Å². The molecule has 0 aromatic heterocycles. The Kier molecular flexibility index (Phi) is 4.09. The molecule has 2 rings (SSSR count). The molecule has 19 heavy (non-hydrogen) atoms. The lowest BCUT2D eigenvalue weighted by atomic mass is 10.1. The number of oxime groups is 1. The van der Waals surface area contributed by atoms with Crippen molar-refractivity contribution in [2.45, 2.75) is 19.3 Å². The molecular formula is C13H17NO4S. The molecule has 1 aromatic carbocycles. The van der Waals surface area contributed by atoms with Crippen LogP contribution in [0.1, 0.15) is 24.0 Å². The van der Waals surface area contributed by atoms with Gasteiger partial charge in [0.25, 0.3) is 0 Å². The first-order chi connectivity index (χ1) is 9.01. The van der Waals surface area contributed by atoms with Gasteiger partial charge in [0.2, 0.25) is 0 Å². The molecule has 1 aliphatic carbocycles. The van der Waals surface area contributed by atoms with Crippen LogP contribution in [0.2, 0.25) is 0 Å². The van der Waals surface area contributed by atoms with E-state index in [1.807, 2.05) is 18.2 Å². The van der Waals surface area contributed by atoms with Gasteiger partial charge in [0, 0.05) is 17.4 Å². The third-order valence-electron chi connectivity index (χ3n) is 3.09. The molecule has 0 atom stereocenters. The van der Waals surface area contributed by atoms with Crippen LogP contribution in [0.25, 0.3) is 0 Å². The summed E-state index contributed by atoms with van der Waals surface area (Å²) in [5.74, 6) is 0.885. The van der Waals surface area contributed by atoms with Crippen molar-refractivity contribution in [2.75, 3.05) is 18.6 Å². The Morgan fingerprint density at radius 1 is 1.37 bits per heavy atom. The van der Waals surface area contributed by atoms with Crippen molar-refractivity contribution in [2.24, 2.45) is 5.16 Å². The first-order valence-electron chi connectivity index (χ1n) is 6.15. The smallest absolute Gasteiger partial charge is 0.147 e. The van der Waals surface area contributed by atoms with E-state index in [9.17, 15) is 8.42 Å². The summed E-state index contributed by atoms with van der Waals surface area (Å²) in [4.78, 5) is 0. The molecular weight excluding hydrogens is 266 g/mol. The van der Waals surface area contributed by atoms with Crippen LogP contribution < -0.4 is 4.74 Å². The molecule has 1 aliphatic rings. The van der Waals surface area contributed by atoms with E-state index in [2.05, 4.69) is 5.16 Å². The molecule has 0 heterocycles. The Morgan fingerprint density at radius 2 is 2.16 bits per heavy atom. The summed E-state index contributed by atoms with van der Waals surface area (Å²) in [7, 11) is -2.93. The second-order valence-corrected chi connectivity index (χ2v) is 6.92. The summed E-state index contributed by atoms with van der Waals surface area (Å²) in [6.45, 7) is 0.370. The zero-order valence-electron chi connectivity index (χ0n) is 10.8. The fourth-order valence-electron chi connectivity index (χ4n) is 2.21. The third kappa shape index (κ3) is 3.47. The predicted octanol–water partition coefficient (Wildman–Crippen LogP) is 1.62. The minimum Gasteiger partial charge on any atom is -0.493 e. The van der Waals surface area contributed by atoms with E-state index in [1.165, 1.54) is 6.26 Å². The van der Waals surface area contributed by atoms with Gasteiger partial charge in [-0.2, -0.15) is 0 Å². The Bertz CT molecular complexity index is 593. The molecule has 0 spiro atoms. The molecule has 0 saturated carbocycles. The molecule has 6 heteroatoms. The van der Waals surface area contributed by atoms with Crippen LogP contribution in [0.3, 0.4) is 0 Å². The highest BCUT2D eigenvalue weighted by Gasteiger charge is 2.21. The zero-order valence-corrected chi connectivity index (χ0v) is 11.6. The number of hydrogen-bond donors (Lipinski definition) is 1. The number of benzene rings is 1. The van der Waals surface area contributed by atoms with Crippen molar-refractivity contribution in [3.05, 3.63) is 29.3 Å². The second-order valence-electron chi connectivity index (χ2n) is 4.66. The molecule has 0 unspecified atom stereocenters. The third-order valence-corrected chi connectivity index (χ3v) is 4.12. The summed E-state index contributed by atoms with van der Waals surface area (Å²) in [5.41, 5.74) is 2.63. The Labute approximate surface area is 112 Å². The van der Waals surface area contributed by atoms with E-state index in [0.29, 0.717) is 25.2 Å². The lowest BCUT2D eigenvalue weighted by Crippen LogP contribution is -2.08. The maximum Gasteiger partial charge on any atom is 0.147 e. The summed E-state index contributed by atoms with van der Waals surface area (Å²) < 4.78 is 27.7. The highest BCUT2D eigenvalue weighted by atomic mass is 32.2. The van der Waals surface area contributed by atoms with Crippen LogP contribution in [0, 0.1) is 0 Å². The second kappa shape index (κ2) is 5.61. The Morgan fingerprint density at radius 3 is 2.84 bits per heavy atom. The number of hydrogen-bond acceptors (Lipinski definition) is 5. The van der Waals surface area contributed by atoms with Gasteiger partial charge in [-0.15, -0.1) is 0 Å². The van der Waals surface area contributed by atoms with Crippen LogP contribution in [0.5, 0.6) is 5.75 Å². The largest absolute Gasteiger partial charge is 0.493 e. The fourth-order valence-corrected chi connectivity index (χ4v) is 2.86. The van der Waals surface area contributed by atoms with Crippen molar-refractivity contribution in [3.63, 3.8) is 0 Å². The van der Waals surface area contributed by atoms with Gasteiger partial charge >= 0.3 is 0 Å². The van der Waals surface area contributed by atoms with Crippen molar-refractivity contribution >= 4 is 15.5 Å². The average Bonchev–Trinajstić information content (AvgIpc) is 2.77. The lowest BCUT2D eigenvalue weighted by molar-refractivity contribution is 0.315. The standard InChI is InChI=1S/C13H17NO4S/c1-19(16,17)9-3-8-18-13-5-2-4-10-11(13)6-7-12(10)14-15/h2,4-5,15H,3,6-9H2,1H3. The van der Waals surface area contributed by atoms with Crippen LogP contribution in [-0.4, -0.2) is 38.0 Å². The van der Waals surface area contributed by atoms with E-state index >= 15 is 0 Å². The Hall–Kier alpha value is -1.56. The number of fused-ring (bicyclic) bond motifs is 1. The maximum atomic E-state index is 11.0. The molecule has 0 saturated heterocycles. The highest BCUT2D eigenvalue weighted by molar-refractivity contribution is 7.90. The van der Waals surface area contributed by atoms with Gasteiger partial charge in [0.05, 0.1) is 18.1 Å². The summed E-state index contributed by atoms with van der Waals surface area (Å²) in [5, 5.41) is 12.2. The topological polar surface area (TPSA) is 76.0 Å². The summed E-state index contributed by atoms with van der Waals surface area (Å²) >= 11 is 0. The van der Waals surface area contributed by atoms with Crippen LogP contribution >= 0.6 is 0 Å². The molecule has 0 fully saturated rings. The maximum absolute atomic E-state index is 11.0. The summed E-state index contributed by atoms with van der Waals surface area (Å²) in [6, 6.07) is 5.61. The molecule has 0 amide bonds. The van der Waals surface area contributed by atoms with Crippen LogP contribution in [-0.2, 0) is 16.3 Å². The lowest BCUT2D eigenvalue weighted by Gasteiger charge is -2.10. The quantitative estimate of drug-likeness (QED) is 0.506. The van der Waals surface area contributed by atoms with Gasteiger partial charge < -0.3 is 9.94 Å². The van der Waals surface area contributed by atoms with E-state index in [-0.39, 0.29) is 5.75 Å². The number of nitrogens with zero attached hydrogens (tertiary/aromatic N) is 1. The SMILES string of the molecule is CS(=O)(=O)CCCOc1cccc2c1CCC2=NO. The minimum absolute atomic E-state index is 0.130. The van der Waals surface area contributed by atoms with E-state index in [0.717, 1.165) is 23.3 Å². The normalized spacial score (nSPS) is 16.6. The van der Waals surface area contributed by atoms with Crippen molar-refractivity contribution < 1.29 is 18.4 Å². The first kappa shape index (κ1) is 13.9. The highest BCUT2D eigenvalue weighted by Crippen LogP contribution is 2.30. The number of rotatable bonds is 5. The number of sulfone groups is 1. The van der Waals surface area contributed by atoms with Gasteiger partial charge in [-0.1, -0.05) is 17.3 Å². The molecule has 5 nitrogen and oxygen atoms in total. The molecule has 1 aromatic rings. The molecule has 104 valence electrons. The van der Waals surface area contributed by atoms with Crippen molar-refractivity contribution in [1.29, 1.82) is 0 Å². The number of ether oxygens (including phenoxy) is 1. The molecule has 1 N–H and O–H groups in total. The van der Waals surface area contributed by atoms with Crippen molar-refractivity contribution in [1.82, 2.24) is 0 Å². The van der Waals surface area contributed by atoms with E-state index < -0.39 is 9.84 Å². The van der Waals surface area contributed by atoms with E-state index in [1.54, 1.807) is 0 Å². The first-order valence-corrected chi connectivity index (χ1v) is 8.21. The average molecular weight is 283 g/mol. The van der Waals surface area contributed by atoms with Gasteiger partial charge in [-0.3, -0.25) is 0 Å². The molecule has 0 radical (unpaired) electrons. The minimum atomic E-state index is -2.93. The fraction of sp³-hybridized carbons (Fsp3) is 0.462. The zero-order chi connectivity index (χ0) is 13.9. The van der Waals surface area contributed by atoms with Crippen molar-refractivity contribution in [3.8, 4) is 5.75 Å². The molecule has 0 bridgehead atoms.